The highest BCUT2D eigenvalue weighted by atomic mass is 16.5. The molecule has 0 aliphatic heterocycles. The van der Waals surface area contributed by atoms with Crippen LogP contribution in [0.1, 0.15) is 24.1 Å². The molecule has 4 nitrogen and oxygen atoms in total. The van der Waals surface area contributed by atoms with Gasteiger partial charge in [-0.25, -0.2) is 0 Å². The fourth-order valence-electron chi connectivity index (χ4n) is 2.19. The minimum atomic E-state index is -0.0802. The van der Waals surface area contributed by atoms with Gasteiger partial charge in [0.15, 0.2) is 0 Å². The molecule has 3 N–H and O–H groups in total. The Morgan fingerprint density at radius 3 is 2.45 bits per heavy atom. The van der Waals surface area contributed by atoms with Crippen molar-refractivity contribution in [3.05, 3.63) is 47.5 Å². The molecule has 0 radical (unpaired) electrons. The Balaban J connectivity index is 2.18. The first-order chi connectivity index (χ1) is 9.51. The molecular weight excluding hydrogens is 254 g/mol. The van der Waals surface area contributed by atoms with Gasteiger partial charge in [-0.3, -0.25) is 0 Å². The van der Waals surface area contributed by atoms with Crippen LogP contribution in [0.15, 0.2) is 36.4 Å². The molecule has 0 aromatic heterocycles. The quantitative estimate of drug-likeness (QED) is 0.796. The molecule has 0 amide bonds. The number of nitrogens with one attached hydrogen (secondary N) is 1. The zero-order chi connectivity index (χ0) is 14.7. The average molecular weight is 273 g/mol. The van der Waals surface area contributed by atoms with Crippen molar-refractivity contribution in [3.8, 4) is 17.2 Å². The van der Waals surface area contributed by atoms with Crippen LogP contribution in [0.5, 0.6) is 17.2 Å². The van der Waals surface area contributed by atoms with Crippen LogP contribution in [-0.2, 0) is 0 Å². The molecule has 0 heterocycles. The predicted octanol–water partition coefficient (Wildman–Crippen LogP) is 3.59. The first-order valence-electron chi connectivity index (χ1n) is 6.44. The summed E-state index contributed by atoms with van der Waals surface area (Å²) in [6, 6.07) is 10.4. The second-order valence-electron chi connectivity index (χ2n) is 4.79. The fraction of sp³-hybridized carbons (Fsp3) is 0.250. The third-order valence-corrected chi connectivity index (χ3v) is 3.26. The van der Waals surface area contributed by atoms with E-state index in [4.69, 9.17) is 4.74 Å². The Hall–Kier alpha value is -2.36. The number of aryl methyl sites for hydroxylation is 1. The first kappa shape index (κ1) is 14.1. The van der Waals surface area contributed by atoms with Gasteiger partial charge < -0.3 is 20.3 Å². The molecular formula is C16H19NO3. The highest BCUT2D eigenvalue weighted by Crippen LogP contribution is 2.31. The number of phenols is 2. The summed E-state index contributed by atoms with van der Waals surface area (Å²) in [5, 5.41) is 22.5. The molecule has 0 saturated heterocycles. The third kappa shape index (κ3) is 2.96. The van der Waals surface area contributed by atoms with Gasteiger partial charge in [0, 0.05) is 17.3 Å². The second kappa shape index (κ2) is 5.74. The summed E-state index contributed by atoms with van der Waals surface area (Å²) in [4.78, 5) is 0. The highest BCUT2D eigenvalue weighted by molar-refractivity contribution is 5.53. The molecule has 2 aromatic carbocycles. The van der Waals surface area contributed by atoms with Crippen molar-refractivity contribution in [1.82, 2.24) is 0 Å². The lowest BCUT2D eigenvalue weighted by molar-refractivity contribution is 0.411. The van der Waals surface area contributed by atoms with Crippen LogP contribution in [-0.4, -0.2) is 17.3 Å². The van der Waals surface area contributed by atoms with Crippen molar-refractivity contribution in [2.45, 2.75) is 19.9 Å². The van der Waals surface area contributed by atoms with Crippen molar-refractivity contribution in [3.63, 3.8) is 0 Å². The number of benzene rings is 2. The molecule has 20 heavy (non-hydrogen) atoms. The molecule has 2 rings (SSSR count). The smallest absolute Gasteiger partial charge is 0.124 e. The van der Waals surface area contributed by atoms with E-state index in [2.05, 4.69) is 5.32 Å². The summed E-state index contributed by atoms with van der Waals surface area (Å²) in [6.07, 6.45) is 0. The van der Waals surface area contributed by atoms with Gasteiger partial charge in [-0.05, 0) is 49.7 Å². The number of rotatable bonds is 4. The Kier molecular flexibility index (Phi) is 4.03. The highest BCUT2D eigenvalue weighted by Gasteiger charge is 2.11. The Morgan fingerprint density at radius 1 is 1.10 bits per heavy atom. The first-order valence-corrected chi connectivity index (χ1v) is 6.44. The van der Waals surface area contributed by atoms with Crippen LogP contribution in [0.25, 0.3) is 0 Å². The Labute approximate surface area is 118 Å². The normalized spacial score (nSPS) is 11.9. The molecule has 0 aliphatic rings. The monoisotopic (exact) mass is 273 g/mol. The number of methoxy groups -OCH3 is 1. The number of phenolic OH excluding ortho intramolecular Hbond substituents is 2. The van der Waals surface area contributed by atoms with Crippen molar-refractivity contribution < 1.29 is 14.9 Å². The largest absolute Gasteiger partial charge is 0.508 e. The molecule has 106 valence electrons. The lowest BCUT2D eigenvalue weighted by atomic mass is 10.1. The van der Waals surface area contributed by atoms with E-state index in [-0.39, 0.29) is 17.5 Å². The van der Waals surface area contributed by atoms with Crippen molar-refractivity contribution >= 4 is 5.69 Å². The van der Waals surface area contributed by atoms with E-state index >= 15 is 0 Å². The number of hydrogen-bond donors (Lipinski definition) is 3. The molecule has 0 aliphatic carbocycles. The topological polar surface area (TPSA) is 61.7 Å². The summed E-state index contributed by atoms with van der Waals surface area (Å²) in [5.74, 6) is 0.977. The van der Waals surface area contributed by atoms with Crippen LogP contribution < -0.4 is 10.1 Å². The third-order valence-electron chi connectivity index (χ3n) is 3.26. The van der Waals surface area contributed by atoms with Crippen LogP contribution in [0, 0.1) is 6.92 Å². The standard InChI is InChI=1S/C16H19NO3/c1-10-8-12(4-7-16(10)20-3)17-11(2)14-6-5-13(18)9-15(14)19/h4-9,11,17-19H,1-3H3. The van der Waals surface area contributed by atoms with Crippen LogP contribution >= 0.6 is 0 Å². The van der Waals surface area contributed by atoms with Gasteiger partial charge in [0.1, 0.15) is 17.2 Å². The number of anilines is 1. The van der Waals surface area contributed by atoms with E-state index in [1.807, 2.05) is 32.0 Å². The summed E-state index contributed by atoms with van der Waals surface area (Å²) < 4.78 is 5.23. The summed E-state index contributed by atoms with van der Waals surface area (Å²) in [5.41, 5.74) is 2.72. The van der Waals surface area contributed by atoms with Gasteiger partial charge in [0.2, 0.25) is 0 Å². The van der Waals surface area contributed by atoms with E-state index in [1.165, 1.54) is 6.07 Å². The lowest BCUT2D eigenvalue weighted by Crippen LogP contribution is -2.07. The van der Waals surface area contributed by atoms with Crippen LogP contribution in [0.4, 0.5) is 5.69 Å². The van der Waals surface area contributed by atoms with E-state index in [1.54, 1.807) is 19.2 Å². The molecule has 0 spiro atoms. The van der Waals surface area contributed by atoms with Gasteiger partial charge in [-0.1, -0.05) is 0 Å². The maximum Gasteiger partial charge on any atom is 0.124 e. The van der Waals surface area contributed by atoms with E-state index in [9.17, 15) is 10.2 Å². The van der Waals surface area contributed by atoms with E-state index in [0.717, 1.165) is 22.6 Å². The predicted molar refractivity (Wildman–Crippen MR) is 79.5 cm³/mol. The second-order valence-corrected chi connectivity index (χ2v) is 4.79. The number of aromatic hydroxyl groups is 2. The van der Waals surface area contributed by atoms with Crippen LogP contribution in [0.3, 0.4) is 0 Å². The van der Waals surface area contributed by atoms with Crippen molar-refractivity contribution in [2.24, 2.45) is 0 Å². The van der Waals surface area contributed by atoms with Gasteiger partial charge in [-0.2, -0.15) is 0 Å². The Bertz CT molecular complexity index is 611. The van der Waals surface area contributed by atoms with Gasteiger partial charge in [-0.15, -0.1) is 0 Å². The van der Waals surface area contributed by atoms with Crippen molar-refractivity contribution in [2.75, 3.05) is 12.4 Å². The summed E-state index contributed by atoms with van der Waals surface area (Å²) in [6.45, 7) is 3.93. The molecule has 0 fully saturated rings. The summed E-state index contributed by atoms with van der Waals surface area (Å²) >= 11 is 0. The number of ether oxygens (including phenoxy) is 1. The molecule has 2 aromatic rings. The maximum absolute atomic E-state index is 9.86. The molecule has 4 heteroatoms. The minimum absolute atomic E-state index is 0.0544. The summed E-state index contributed by atoms with van der Waals surface area (Å²) in [7, 11) is 1.65. The zero-order valence-electron chi connectivity index (χ0n) is 11.8. The van der Waals surface area contributed by atoms with Gasteiger partial charge >= 0.3 is 0 Å². The van der Waals surface area contributed by atoms with Gasteiger partial charge in [0.05, 0.1) is 13.2 Å². The lowest BCUT2D eigenvalue weighted by Gasteiger charge is -2.18. The number of hydrogen-bond acceptors (Lipinski definition) is 4. The average Bonchev–Trinajstić information content (AvgIpc) is 2.38. The SMILES string of the molecule is COc1ccc(NC(C)c2ccc(O)cc2O)cc1C. The van der Waals surface area contributed by atoms with E-state index < -0.39 is 0 Å². The van der Waals surface area contributed by atoms with E-state index in [0.29, 0.717) is 0 Å². The minimum Gasteiger partial charge on any atom is -0.508 e. The molecule has 0 saturated carbocycles. The fourth-order valence-corrected chi connectivity index (χ4v) is 2.19. The Morgan fingerprint density at radius 2 is 1.85 bits per heavy atom. The molecule has 1 atom stereocenters. The zero-order valence-corrected chi connectivity index (χ0v) is 11.8. The maximum atomic E-state index is 9.86. The van der Waals surface area contributed by atoms with Gasteiger partial charge in [0.25, 0.3) is 0 Å². The van der Waals surface area contributed by atoms with Crippen LogP contribution in [0.2, 0.25) is 0 Å². The molecule has 0 bridgehead atoms. The molecule has 1 unspecified atom stereocenters. The van der Waals surface area contributed by atoms with Crippen molar-refractivity contribution in [1.29, 1.82) is 0 Å².